The zero-order chi connectivity index (χ0) is 52.9. The maximum atomic E-state index is 12.9. The zero-order valence-electron chi connectivity index (χ0n) is 48.1. The van der Waals surface area contributed by atoms with Gasteiger partial charge in [-0.05, 0) is 96.3 Å². The van der Waals surface area contributed by atoms with Crippen molar-refractivity contribution in [1.29, 1.82) is 0 Å². The van der Waals surface area contributed by atoms with E-state index in [1.807, 2.05) is 0 Å². The summed E-state index contributed by atoms with van der Waals surface area (Å²) in [5.41, 5.74) is 0. The van der Waals surface area contributed by atoms with Crippen LogP contribution in [0.2, 0.25) is 0 Å². The van der Waals surface area contributed by atoms with E-state index in [0.29, 0.717) is 19.3 Å². The van der Waals surface area contributed by atoms with E-state index in [1.165, 1.54) is 161 Å². The highest BCUT2D eigenvalue weighted by molar-refractivity contribution is 5.71. The third-order valence-electron chi connectivity index (χ3n) is 13.4. The maximum absolute atomic E-state index is 12.9. The van der Waals surface area contributed by atoms with Crippen molar-refractivity contribution in [2.45, 2.75) is 309 Å². The molecule has 0 amide bonds. The van der Waals surface area contributed by atoms with Gasteiger partial charge in [0.15, 0.2) is 6.10 Å². The summed E-state index contributed by atoms with van der Waals surface area (Å²) in [5.74, 6) is -0.912. The first kappa shape index (κ1) is 69.6. The lowest BCUT2D eigenvalue weighted by atomic mass is 10.0. The van der Waals surface area contributed by atoms with E-state index in [-0.39, 0.29) is 31.1 Å². The third-order valence-corrected chi connectivity index (χ3v) is 13.4. The second-order valence-corrected chi connectivity index (χ2v) is 20.6. The molecular formula is C67H116O6. The van der Waals surface area contributed by atoms with E-state index >= 15 is 0 Å². The lowest BCUT2D eigenvalue weighted by Gasteiger charge is -2.18. The SMILES string of the molecule is CC/C=C\C/C=C\C/C=C\C/C=C\C/C=C\CCCCCC(=O)OC(COC(=O)CCCCCCCCCCCCC/C=C\C/C=C\CCCCCCC)COC(=O)CCCCCCCCCCCCCCC. The smallest absolute Gasteiger partial charge is 0.306 e. The molecule has 0 heterocycles. The Labute approximate surface area is 452 Å². The first-order chi connectivity index (χ1) is 36.0. The molecule has 0 spiro atoms. The number of unbranched alkanes of at least 4 members (excludes halogenated alkanes) is 31. The largest absolute Gasteiger partial charge is 0.462 e. The Balaban J connectivity index is 4.38. The lowest BCUT2D eigenvalue weighted by Crippen LogP contribution is -2.30. The summed E-state index contributed by atoms with van der Waals surface area (Å²) in [6.45, 7) is 6.51. The second kappa shape index (κ2) is 61.1. The predicted molar refractivity (Wildman–Crippen MR) is 316 cm³/mol. The van der Waals surface area contributed by atoms with Crippen molar-refractivity contribution in [2.75, 3.05) is 13.2 Å². The van der Waals surface area contributed by atoms with Crippen LogP contribution in [0.5, 0.6) is 0 Å². The van der Waals surface area contributed by atoms with Gasteiger partial charge < -0.3 is 14.2 Å². The third kappa shape index (κ3) is 59.3. The minimum Gasteiger partial charge on any atom is -0.462 e. The van der Waals surface area contributed by atoms with Gasteiger partial charge in [-0.15, -0.1) is 0 Å². The number of rotatable bonds is 56. The van der Waals surface area contributed by atoms with Crippen molar-refractivity contribution >= 4 is 17.9 Å². The Hall–Kier alpha value is -3.41. The van der Waals surface area contributed by atoms with Gasteiger partial charge in [0.2, 0.25) is 0 Å². The molecular weight excluding hydrogens is 901 g/mol. The van der Waals surface area contributed by atoms with Gasteiger partial charge in [0.25, 0.3) is 0 Å². The fraction of sp³-hybridized carbons (Fsp3) is 0.746. The first-order valence-electron chi connectivity index (χ1n) is 31.1. The summed E-state index contributed by atoms with van der Waals surface area (Å²) in [7, 11) is 0. The molecule has 1 atom stereocenters. The van der Waals surface area contributed by atoms with Crippen molar-refractivity contribution in [1.82, 2.24) is 0 Å². The van der Waals surface area contributed by atoms with E-state index in [0.717, 1.165) is 103 Å². The molecule has 0 saturated carbocycles. The first-order valence-corrected chi connectivity index (χ1v) is 31.1. The van der Waals surface area contributed by atoms with Gasteiger partial charge in [-0.2, -0.15) is 0 Å². The molecule has 420 valence electrons. The average molecular weight is 1020 g/mol. The molecule has 0 bridgehead atoms. The van der Waals surface area contributed by atoms with Crippen LogP contribution in [0.1, 0.15) is 303 Å². The Morgan fingerprint density at radius 1 is 0.288 bits per heavy atom. The maximum Gasteiger partial charge on any atom is 0.306 e. The number of carbonyl (C=O) groups excluding carboxylic acids is 3. The highest BCUT2D eigenvalue weighted by Crippen LogP contribution is 2.16. The van der Waals surface area contributed by atoms with E-state index in [4.69, 9.17) is 14.2 Å². The van der Waals surface area contributed by atoms with Crippen molar-refractivity contribution in [3.63, 3.8) is 0 Å². The van der Waals surface area contributed by atoms with Gasteiger partial charge in [-0.3, -0.25) is 14.4 Å². The molecule has 73 heavy (non-hydrogen) atoms. The Bertz CT molecular complexity index is 1400. The van der Waals surface area contributed by atoms with Gasteiger partial charge in [0.05, 0.1) is 0 Å². The molecule has 0 rings (SSSR count). The van der Waals surface area contributed by atoms with E-state index < -0.39 is 6.10 Å². The van der Waals surface area contributed by atoms with Crippen LogP contribution in [-0.4, -0.2) is 37.2 Å². The van der Waals surface area contributed by atoms with Crippen LogP contribution >= 0.6 is 0 Å². The zero-order valence-corrected chi connectivity index (χ0v) is 48.1. The Morgan fingerprint density at radius 3 is 0.849 bits per heavy atom. The van der Waals surface area contributed by atoms with Crippen molar-refractivity contribution < 1.29 is 28.6 Å². The van der Waals surface area contributed by atoms with Crippen LogP contribution in [0.15, 0.2) is 85.1 Å². The van der Waals surface area contributed by atoms with Gasteiger partial charge >= 0.3 is 17.9 Å². The normalized spacial score (nSPS) is 12.6. The quantitative estimate of drug-likeness (QED) is 0.0261. The molecule has 0 aliphatic carbocycles. The Morgan fingerprint density at radius 2 is 0.534 bits per heavy atom. The minimum absolute atomic E-state index is 0.0881. The summed E-state index contributed by atoms with van der Waals surface area (Å²) in [6.07, 6.45) is 80.1. The molecule has 0 saturated heterocycles. The van der Waals surface area contributed by atoms with E-state index in [9.17, 15) is 14.4 Å². The topological polar surface area (TPSA) is 78.9 Å². The number of hydrogen-bond donors (Lipinski definition) is 0. The fourth-order valence-corrected chi connectivity index (χ4v) is 8.74. The fourth-order valence-electron chi connectivity index (χ4n) is 8.74. The van der Waals surface area contributed by atoms with Gasteiger partial charge in [0, 0.05) is 19.3 Å². The summed E-state index contributed by atoms with van der Waals surface area (Å²) in [4.78, 5) is 38.2. The molecule has 0 aliphatic rings. The Kier molecular flexibility index (Phi) is 58.3. The summed E-state index contributed by atoms with van der Waals surface area (Å²) in [6, 6.07) is 0. The molecule has 0 aromatic carbocycles. The highest BCUT2D eigenvalue weighted by atomic mass is 16.6. The highest BCUT2D eigenvalue weighted by Gasteiger charge is 2.19. The summed E-state index contributed by atoms with van der Waals surface area (Å²) in [5, 5.41) is 0. The van der Waals surface area contributed by atoms with E-state index in [1.54, 1.807) is 0 Å². The van der Waals surface area contributed by atoms with Crippen LogP contribution in [0.25, 0.3) is 0 Å². The van der Waals surface area contributed by atoms with E-state index in [2.05, 4.69) is 106 Å². The van der Waals surface area contributed by atoms with Crippen LogP contribution in [0.4, 0.5) is 0 Å². The molecule has 0 fully saturated rings. The van der Waals surface area contributed by atoms with Crippen LogP contribution in [-0.2, 0) is 28.6 Å². The molecule has 0 N–H and O–H groups in total. The number of hydrogen-bond acceptors (Lipinski definition) is 6. The van der Waals surface area contributed by atoms with Crippen LogP contribution < -0.4 is 0 Å². The molecule has 0 aromatic heterocycles. The molecule has 6 nitrogen and oxygen atoms in total. The molecule has 0 aromatic rings. The molecule has 6 heteroatoms. The number of ether oxygens (including phenoxy) is 3. The van der Waals surface area contributed by atoms with Gasteiger partial charge in [0.1, 0.15) is 13.2 Å². The summed E-state index contributed by atoms with van der Waals surface area (Å²) >= 11 is 0. The molecule has 0 radical (unpaired) electrons. The molecule has 0 aliphatic heterocycles. The number of carbonyl (C=O) groups is 3. The standard InChI is InChI=1S/C67H116O6/c1-4-7-10-13-16-19-22-25-27-29-31-32-33-34-36-37-39-42-45-48-51-54-57-60-66(69)72-63-64(62-71-65(68)59-56-53-50-47-44-41-24-21-18-15-12-9-6-3)73-67(70)61-58-55-52-49-46-43-40-38-35-30-28-26-23-20-17-14-11-8-5-2/h8,11,17,20,22,25-26,28-29,31,35,38,43,46,64H,4-7,9-10,12-16,18-19,21,23-24,27,30,32-34,36-37,39-42,44-45,47-63H2,1-3H3/b11-8-,20-17-,25-22-,28-26-,31-29-,38-35-,46-43-. The number of esters is 3. The number of allylic oxidation sites excluding steroid dienone is 14. The van der Waals surface area contributed by atoms with Crippen molar-refractivity contribution in [2.24, 2.45) is 0 Å². The van der Waals surface area contributed by atoms with Crippen LogP contribution in [0.3, 0.4) is 0 Å². The summed E-state index contributed by atoms with van der Waals surface area (Å²) < 4.78 is 16.9. The monoisotopic (exact) mass is 1020 g/mol. The van der Waals surface area contributed by atoms with Crippen molar-refractivity contribution in [3.05, 3.63) is 85.1 Å². The molecule has 1 unspecified atom stereocenters. The lowest BCUT2D eigenvalue weighted by molar-refractivity contribution is -0.167. The average Bonchev–Trinajstić information content (AvgIpc) is 3.39. The van der Waals surface area contributed by atoms with Gasteiger partial charge in [-0.1, -0.05) is 273 Å². The second-order valence-electron chi connectivity index (χ2n) is 20.6. The minimum atomic E-state index is -0.794. The predicted octanol–water partition coefficient (Wildman–Crippen LogP) is 21.1. The van der Waals surface area contributed by atoms with Crippen molar-refractivity contribution in [3.8, 4) is 0 Å². The van der Waals surface area contributed by atoms with Gasteiger partial charge in [-0.25, -0.2) is 0 Å². The van der Waals surface area contributed by atoms with Crippen LogP contribution in [0, 0.1) is 0 Å².